The fraction of sp³-hybridized carbons (Fsp3) is 0.700. The molecule has 1 aromatic heterocycles. The van der Waals surface area contributed by atoms with E-state index in [1.807, 2.05) is 23.3 Å². The van der Waals surface area contributed by atoms with Gasteiger partial charge in [0.1, 0.15) is 5.01 Å². The molecule has 2 nitrogen and oxygen atoms in total. The van der Waals surface area contributed by atoms with Crippen LogP contribution in [0.5, 0.6) is 0 Å². The summed E-state index contributed by atoms with van der Waals surface area (Å²) in [6.07, 6.45) is 5.19. The highest BCUT2D eigenvalue weighted by atomic mass is 32.2. The average Bonchev–Trinajstić information content (AvgIpc) is 2.64. The van der Waals surface area contributed by atoms with E-state index in [0.29, 0.717) is 12.1 Å². The molecule has 1 rings (SSSR count). The Kier molecular flexibility index (Phi) is 5.52. The average molecular weight is 230 g/mol. The van der Waals surface area contributed by atoms with Crippen molar-refractivity contribution in [1.82, 2.24) is 10.3 Å². The topological polar surface area (TPSA) is 24.9 Å². The third kappa shape index (κ3) is 3.98. The van der Waals surface area contributed by atoms with Crippen molar-refractivity contribution in [2.24, 2.45) is 0 Å². The van der Waals surface area contributed by atoms with E-state index in [1.165, 1.54) is 10.8 Å². The maximum atomic E-state index is 4.37. The monoisotopic (exact) mass is 230 g/mol. The summed E-state index contributed by atoms with van der Waals surface area (Å²) in [5, 5.41) is 6.81. The second kappa shape index (κ2) is 6.43. The number of rotatable bonds is 6. The Balaban J connectivity index is 2.53. The molecule has 1 atom stereocenters. The van der Waals surface area contributed by atoms with Gasteiger partial charge in [0.25, 0.3) is 0 Å². The lowest BCUT2D eigenvalue weighted by Gasteiger charge is -2.18. The minimum Gasteiger partial charge on any atom is -0.306 e. The van der Waals surface area contributed by atoms with Crippen molar-refractivity contribution < 1.29 is 0 Å². The van der Waals surface area contributed by atoms with Crippen LogP contribution in [-0.2, 0) is 0 Å². The first kappa shape index (κ1) is 12.0. The standard InChI is InChI=1S/C10H18N2S2/c1-8(2)12-9(4-6-13-3)10-11-5-7-14-10/h5,7-9,12H,4,6H2,1-3H3. The van der Waals surface area contributed by atoms with Gasteiger partial charge in [-0.25, -0.2) is 4.98 Å². The molecule has 0 spiro atoms. The molecular formula is C10H18N2S2. The van der Waals surface area contributed by atoms with Gasteiger partial charge in [-0.1, -0.05) is 13.8 Å². The van der Waals surface area contributed by atoms with E-state index in [0.717, 1.165) is 6.42 Å². The summed E-state index contributed by atoms with van der Waals surface area (Å²) in [4.78, 5) is 4.37. The quantitative estimate of drug-likeness (QED) is 0.813. The van der Waals surface area contributed by atoms with Gasteiger partial charge in [0, 0.05) is 17.6 Å². The summed E-state index contributed by atoms with van der Waals surface area (Å²) < 4.78 is 0. The number of hydrogen-bond donors (Lipinski definition) is 1. The van der Waals surface area contributed by atoms with E-state index < -0.39 is 0 Å². The zero-order chi connectivity index (χ0) is 10.4. The van der Waals surface area contributed by atoms with Crippen LogP contribution in [0.4, 0.5) is 0 Å². The summed E-state index contributed by atoms with van der Waals surface area (Å²) in [6, 6.07) is 0.952. The van der Waals surface area contributed by atoms with Gasteiger partial charge < -0.3 is 5.32 Å². The van der Waals surface area contributed by atoms with Crippen LogP contribution < -0.4 is 5.32 Å². The molecule has 0 saturated carbocycles. The number of thioether (sulfide) groups is 1. The smallest absolute Gasteiger partial charge is 0.110 e. The van der Waals surface area contributed by atoms with Crippen molar-refractivity contribution in [2.45, 2.75) is 32.4 Å². The zero-order valence-electron chi connectivity index (χ0n) is 8.99. The van der Waals surface area contributed by atoms with E-state index >= 15 is 0 Å². The first-order chi connectivity index (χ1) is 6.74. The molecule has 0 fully saturated rings. The summed E-state index contributed by atoms with van der Waals surface area (Å²) in [5.74, 6) is 1.18. The second-order valence-electron chi connectivity index (χ2n) is 3.53. The number of aromatic nitrogens is 1. The normalized spacial score (nSPS) is 13.4. The Morgan fingerprint density at radius 1 is 1.57 bits per heavy atom. The highest BCUT2D eigenvalue weighted by molar-refractivity contribution is 7.98. The van der Waals surface area contributed by atoms with E-state index in [4.69, 9.17) is 0 Å². The van der Waals surface area contributed by atoms with Gasteiger partial charge in [-0.3, -0.25) is 0 Å². The number of hydrogen-bond acceptors (Lipinski definition) is 4. The predicted molar refractivity (Wildman–Crippen MR) is 66.1 cm³/mol. The molecule has 14 heavy (non-hydrogen) atoms. The van der Waals surface area contributed by atoms with Crippen molar-refractivity contribution in [1.29, 1.82) is 0 Å². The summed E-state index contributed by atoms with van der Waals surface area (Å²) in [7, 11) is 0. The number of nitrogens with one attached hydrogen (secondary N) is 1. The lowest BCUT2D eigenvalue weighted by molar-refractivity contribution is 0.467. The van der Waals surface area contributed by atoms with E-state index in [9.17, 15) is 0 Å². The van der Waals surface area contributed by atoms with Crippen molar-refractivity contribution in [2.75, 3.05) is 12.0 Å². The summed E-state index contributed by atoms with van der Waals surface area (Å²) >= 11 is 3.63. The highest BCUT2D eigenvalue weighted by Gasteiger charge is 2.13. The molecule has 0 aliphatic rings. The molecule has 1 N–H and O–H groups in total. The van der Waals surface area contributed by atoms with Crippen LogP contribution in [-0.4, -0.2) is 23.0 Å². The maximum absolute atomic E-state index is 4.37. The van der Waals surface area contributed by atoms with Crippen LogP contribution in [0.3, 0.4) is 0 Å². The van der Waals surface area contributed by atoms with E-state index in [-0.39, 0.29) is 0 Å². The lowest BCUT2D eigenvalue weighted by atomic mass is 10.2. The van der Waals surface area contributed by atoms with Gasteiger partial charge in [-0.15, -0.1) is 11.3 Å². The van der Waals surface area contributed by atoms with Crippen LogP contribution >= 0.6 is 23.1 Å². The molecule has 80 valence electrons. The first-order valence-corrected chi connectivity index (χ1v) is 7.15. The van der Waals surface area contributed by atoms with Crippen molar-refractivity contribution in [3.63, 3.8) is 0 Å². The molecule has 0 bridgehead atoms. The SMILES string of the molecule is CSCCC(NC(C)C)c1nccs1. The van der Waals surface area contributed by atoms with Crippen molar-refractivity contribution >= 4 is 23.1 Å². The fourth-order valence-electron chi connectivity index (χ4n) is 1.32. The third-order valence-corrected chi connectivity index (χ3v) is 3.43. The van der Waals surface area contributed by atoms with Gasteiger partial charge in [0.15, 0.2) is 0 Å². The van der Waals surface area contributed by atoms with Gasteiger partial charge in [-0.05, 0) is 18.4 Å². The van der Waals surface area contributed by atoms with Crippen LogP contribution in [0.15, 0.2) is 11.6 Å². The molecule has 1 unspecified atom stereocenters. The second-order valence-corrected chi connectivity index (χ2v) is 5.44. The predicted octanol–water partition coefficient (Wildman–Crippen LogP) is 2.94. The number of thiazole rings is 1. The fourth-order valence-corrected chi connectivity index (χ4v) is 2.53. The zero-order valence-corrected chi connectivity index (χ0v) is 10.6. The molecule has 1 aromatic rings. The molecule has 1 heterocycles. The Labute approximate surface area is 94.5 Å². The van der Waals surface area contributed by atoms with Crippen LogP contribution in [0, 0.1) is 0 Å². The van der Waals surface area contributed by atoms with E-state index in [1.54, 1.807) is 11.3 Å². The largest absolute Gasteiger partial charge is 0.306 e. The molecule has 0 saturated heterocycles. The highest BCUT2D eigenvalue weighted by Crippen LogP contribution is 2.21. The summed E-state index contributed by atoms with van der Waals surface area (Å²) in [6.45, 7) is 4.36. The third-order valence-electron chi connectivity index (χ3n) is 1.89. The van der Waals surface area contributed by atoms with Crippen molar-refractivity contribution in [3.05, 3.63) is 16.6 Å². The Morgan fingerprint density at radius 3 is 2.86 bits per heavy atom. The molecule has 0 aliphatic carbocycles. The molecule has 0 amide bonds. The molecule has 0 aromatic carbocycles. The Morgan fingerprint density at radius 2 is 2.36 bits per heavy atom. The number of nitrogens with zero attached hydrogens (tertiary/aromatic N) is 1. The first-order valence-electron chi connectivity index (χ1n) is 4.88. The minimum atomic E-state index is 0.433. The van der Waals surface area contributed by atoms with Gasteiger partial charge in [-0.2, -0.15) is 11.8 Å². The lowest BCUT2D eigenvalue weighted by Crippen LogP contribution is -2.28. The van der Waals surface area contributed by atoms with Crippen LogP contribution in [0.2, 0.25) is 0 Å². The van der Waals surface area contributed by atoms with Gasteiger partial charge in [0.2, 0.25) is 0 Å². The Hall–Kier alpha value is -0.0600. The van der Waals surface area contributed by atoms with E-state index in [2.05, 4.69) is 30.4 Å². The van der Waals surface area contributed by atoms with Crippen LogP contribution in [0.1, 0.15) is 31.3 Å². The molecule has 0 radical (unpaired) electrons. The van der Waals surface area contributed by atoms with Gasteiger partial charge in [0.05, 0.1) is 6.04 Å². The molecule has 4 heteroatoms. The summed E-state index contributed by atoms with van der Waals surface area (Å²) in [5.41, 5.74) is 0. The molecular weight excluding hydrogens is 212 g/mol. The van der Waals surface area contributed by atoms with Crippen molar-refractivity contribution in [3.8, 4) is 0 Å². The maximum Gasteiger partial charge on any atom is 0.110 e. The Bertz CT molecular complexity index is 234. The minimum absolute atomic E-state index is 0.433. The molecule has 0 aliphatic heterocycles. The van der Waals surface area contributed by atoms with Gasteiger partial charge >= 0.3 is 0 Å². The van der Waals surface area contributed by atoms with Crippen LogP contribution in [0.25, 0.3) is 0 Å².